The molecule has 0 radical (unpaired) electrons. The Morgan fingerprint density at radius 1 is 1.07 bits per heavy atom. The first-order chi connectivity index (χ1) is 13.1. The predicted molar refractivity (Wildman–Crippen MR) is 101 cm³/mol. The molecule has 3 aromatic rings. The monoisotopic (exact) mass is 364 g/mol. The number of halogens is 1. The topological polar surface area (TPSA) is 60.5 Å². The molecule has 0 saturated carbocycles. The number of methoxy groups -OCH3 is 1. The number of nitrogens with zero attached hydrogens (tertiary/aromatic N) is 1. The SMILES string of the molecule is COc1cccc(Oc2ccc(NC(=O)/C=C/c3ccc(F)cc3)cn2)c1. The number of pyridine rings is 1. The van der Waals surface area contributed by atoms with E-state index >= 15 is 0 Å². The number of anilines is 1. The van der Waals surface area contributed by atoms with Crippen molar-refractivity contribution in [2.24, 2.45) is 0 Å². The molecule has 5 nitrogen and oxygen atoms in total. The van der Waals surface area contributed by atoms with E-state index in [1.54, 1.807) is 49.6 Å². The van der Waals surface area contributed by atoms with E-state index in [4.69, 9.17) is 9.47 Å². The van der Waals surface area contributed by atoms with Crippen LogP contribution in [0.2, 0.25) is 0 Å². The first-order valence-electron chi connectivity index (χ1n) is 8.15. The van der Waals surface area contributed by atoms with E-state index in [1.165, 1.54) is 24.4 Å². The van der Waals surface area contributed by atoms with Gasteiger partial charge in [-0.25, -0.2) is 9.37 Å². The molecule has 0 aliphatic carbocycles. The Morgan fingerprint density at radius 2 is 1.85 bits per heavy atom. The summed E-state index contributed by atoms with van der Waals surface area (Å²) in [6.45, 7) is 0. The summed E-state index contributed by atoms with van der Waals surface area (Å²) in [6, 6.07) is 16.4. The molecule has 0 saturated heterocycles. The quantitative estimate of drug-likeness (QED) is 0.646. The van der Waals surface area contributed by atoms with Gasteiger partial charge in [0, 0.05) is 18.2 Å². The summed E-state index contributed by atoms with van der Waals surface area (Å²) in [5, 5.41) is 2.70. The van der Waals surface area contributed by atoms with Crippen molar-refractivity contribution >= 4 is 17.7 Å². The zero-order valence-corrected chi connectivity index (χ0v) is 14.6. The molecule has 0 bridgehead atoms. The highest BCUT2D eigenvalue weighted by Gasteiger charge is 2.03. The average molecular weight is 364 g/mol. The van der Waals surface area contributed by atoms with E-state index in [1.807, 2.05) is 12.1 Å². The minimum atomic E-state index is -0.320. The Hall–Kier alpha value is -3.67. The van der Waals surface area contributed by atoms with Gasteiger partial charge in [-0.1, -0.05) is 18.2 Å². The van der Waals surface area contributed by atoms with E-state index in [-0.39, 0.29) is 11.7 Å². The van der Waals surface area contributed by atoms with Gasteiger partial charge in [0.05, 0.1) is 19.0 Å². The number of amides is 1. The smallest absolute Gasteiger partial charge is 0.248 e. The number of rotatable bonds is 6. The largest absolute Gasteiger partial charge is 0.497 e. The van der Waals surface area contributed by atoms with Crippen LogP contribution in [0, 0.1) is 5.82 Å². The summed E-state index contributed by atoms with van der Waals surface area (Å²) in [7, 11) is 1.58. The maximum absolute atomic E-state index is 12.9. The van der Waals surface area contributed by atoms with Crippen LogP contribution in [0.1, 0.15) is 5.56 Å². The van der Waals surface area contributed by atoms with Crippen molar-refractivity contribution in [3.05, 3.63) is 84.3 Å². The second-order valence-electron chi connectivity index (χ2n) is 5.54. The van der Waals surface area contributed by atoms with Crippen molar-refractivity contribution in [2.45, 2.75) is 0 Å². The van der Waals surface area contributed by atoms with Crippen LogP contribution in [0.4, 0.5) is 10.1 Å². The van der Waals surface area contributed by atoms with Crippen molar-refractivity contribution in [2.75, 3.05) is 12.4 Å². The van der Waals surface area contributed by atoms with Gasteiger partial charge in [-0.15, -0.1) is 0 Å². The second-order valence-corrected chi connectivity index (χ2v) is 5.54. The Morgan fingerprint density at radius 3 is 2.56 bits per heavy atom. The molecule has 1 heterocycles. The van der Waals surface area contributed by atoms with Gasteiger partial charge in [0.15, 0.2) is 0 Å². The van der Waals surface area contributed by atoms with Crippen LogP contribution < -0.4 is 14.8 Å². The number of carbonyl (C=O) groups excluding carboxylic acids is 1. The van der Waals surface area contributed by atoms with Crippen LogP contribution in [-0.4, -0.2) is 18.0 Å². The molecule has 0 aliphatic heterocycles. The molecular formula is C21H17FN2O3. The molecule has 0 spiro atoms. The zero-order chi connectivity index (χ0) is 19.1. The third-order valence-electron chi connectivity index (χ3n) is 3.56. The molecule has 0 unspecified atom stereocenters. The lowest BCUT2D eigenvalue weighted by Crippen LogP contribution is -2.07. The Balaban J connectivity index is 1.58. The number of hydrogen-bond acceptors (Lipinski definition) is 4. The van der Waals surface area contributed by atoms with Gasteiger partial charge in [0.2, 0.25) is 11.8 Å². The van der Waals surface area contributed by atoms with E-state index < -0.39 is 0 Å². The fourth-order valence-electron chi connectivity index (χ4n) is 2.23. The summed E-state index contributed by atoms with van der Waals surface area (Å²) in [5.41, 5.74) is 1.26. The molecule has 1 N–H and O–H groups in total. The number of nitrogens with one attached hydrogen (secondary N) is 1. The highest BCUT2D eigenvalue weighted by Crippen LogP contribution is 2.24. The molecule has 1 aromatic heterocycles. The van der Waals surface area contributed by atoms with Gasteiger partial charge >= 0.3 is 0 Å². The molecule has 3 rings (SSSR count). The second kappa shape index (κ2) is 8.62. The van der Waals surface area contributed by atoms with Gasteiger partial charge in [-0.05, 0) is 42.0 Å². The van der Waals surface area contributed by atoms with Gasteiger partial charge in [0.1, 0.15) is 17.3 Å². The Kier molecular flexibility index (Phi) is 5.79. The molecule has 0 aliphatic rings. The molecular weight excluding hydrogens is 347 g/mol. The van der Waals surface area contributed by atoms with Crippen LogP contribution in [-0.2, 0) is 4.79 Å². The highest BCUT2D eigenvalue weighted by atomic mass is 19.1. The molecule has 0 atom stereocenters. The van der Waals surface area contributed by atoms with Crippen LogP contribution in [0.5, 0.6) is 17.4 Å². The third-order valence-corrected chi connectivity index (χ3v) is 3.56. The minimum absolute atomic E-state index is 0.317. The fraction of sp³-hybridized carbons (Fsp3) is 0.0476. The summed E-state index contributed by atoms with van der Waals surface area (Å²) >= 11 is 0. The Labute approximate surface area is 156 Å². The molecule has 2 aromatic carbocycles. The standard InChI is InChI=1S/C21H17FN2O3/c1-26-18-3-2-4-19(13-18)27-21-12-10-17(14-23-21)24-20(25)11-7-15-5-8-16(22)9-6-15/h2-14H,1H3,(H,24,25)/b11-7+. The van der Waals surface area contributed by atoms with E-state index in [2.05, 4.69) is 10.3 Å². The molecule has 1 amide bonds. The van der Waals surface area contributed by atoms with Crippen molar-refractivity contribution < 1.29 is 18.7 Å². The lowest BCUT2D eigenvalue weighted by atomic mass is 10.2. The van der Waals surface area contributed by atoms with Crippen molar-refractivity contribution in [3.63, 3.8) is 0 Å². The number of aromatic nitrogens is 1. The van der Waals surface area contributed by atoms with Gasteiger partial charge in [-0.3, -0.25) is 4.79 Å². The van der Waals surface area contributed by atoms with E-state index in [0.29, 0.717) is 23.1 Å². The number of hydrogen-bond donors (Lipinski definition) is 1. The number of benzene rings is 2. The molecule has 136 valence electrons. The van der Waals surface area contributed by atoms with E-state index in [9.17, 15) is 9.18 Å². The fourth-order valence-corrected chi connectivity index (χ4v) is 2.23. The maximum atomic E-state index is 12.9. The lowest BCUT2D eigenvalue weighted by molar-refractivity contribution is -0.111. The summed E-state index contributed by atoms with van der Waals surface area (Å²) in [5.74, 6) is 1.04. The van der Waals surface area contributed by atoms with Crippen LogP contribution >= 0.6 is 0 Å². The van der Waals surface area contributed by atoms with E-state index in [0.717, 1.165) is 5.56 Å². The zero-order valence-electron chi connectivity index (χ0n) is 14.6. The summed E-state index contributed by atoms with van der Waals surface area (Å²) in [4.78, 5) is 16.1. The van der Waals surface area contributed by atoms with Gasteiger partial charge in [0.25, 0.3) is 0 Å². The first kappa shape index (κ1) is 18.1. The van der Waals surface area contributed by atoms with Gasteiger partial charge in [-0.2, -0.15) is 0 Å². The molecule has 27 heavy (non-hydrogen) atoms. The minimum Gasteiger partial charge on any atom is -0.497 e. The van der Waals surface area contributed by atoms with Crippen LogP contribution in [0.3, 0.4) is 0 Å². The van der Waals surface area contributed by atoms with Crippen molar-refractivity contribution in [1.29, 1.82) is 0 Å². The third kappa shape index (κ3) is 5.40. The van der Waals surface area contributed by atoms with Crippen LogP contribution in [0.15, 0.2) is 72.9 Å². The normalized spacial score (nSPS) is 10.6. The summed E-state index contributed by atoms with van der Waals surface area (Å²) < 4.78 is 23.6. The van der Waals surface area contributed by atoms with Crippen molar-refractivity contribution in [3.8, 4) is 17.4 Å². The first-order valence-corrected chi connectivity index (χ1v) is 8.15. The lowest BCUT2D eigenvalue weighted by Gasteiger charge is -2.07. The molecule has 6 heteroatoms. The maximum Gasteiger partial charge on any atom is 0.248 e. The summed E-state index contributed by atoms with van der Waals surface area (Å²) in [6.07, 6.45) is 4.47. The van der Waals surface area contributed by atoms with Crippen LogP contribution in [0.25, 0.3) is 6.08 Å². The van der Waals surface area contributed by atoms with Crippen molar-refractivity contribution in [1.82, 2.24) is 4.98 Å². The average Bonchev–Trinajstić information content (AvgIpc) is 2.69. The predicted octanol–water partition coefficient (Wildman–Crippen LogP) is 4.67. The molecule has 0 fully saturated rings. The number of ether oxygens (including phenoxy) is 2. The number of carbonyl (C=O) groups is 1. The van der Waals surface area contributed by atoms with Gasteiger partial charge < -0.3 is 14.8 Å². The highest BCUT2D eigenvalue weighted by molar-refractivity contribution is 6.01. The Bertz CT molecular complexity index is 938.